The number of hydrogen-bond donors (Lipinski definition) is 9. The van der Waals surface area contributed by atoms with E-state index in [1.807, 2.05) is 0 Å². The Bertz CT molecular complexity index is 4900. The van der Waals surface area contributed by atoms with Gasteiger partial charge in [0, 0.05) is 68.0 Å². The van der Waals surface area contributed by atoms with Gasteiger partial charge in [-0.2, -0.15) is 42.1 Å². The number of ketones is 1. The zero-order valence-corrected chi connectivity index (χ0v) is 48.6. The number of fused-ring (bicyclic) bond motifs is 2. The molecule has 448 valence electrons. The molecule has 8 rings (SSSR count). The topological polar surface area (TPSA) is 457 Å². The predicted molar refractivity (Wildman–Crippen MR) is 306 cm³/mol. The number of carbonyl (C=O) groups excluding carboxylic acids is 5. The van der Waals surface area contributed by atoms with Crippen molar-refractivity contribution in [1.82, 2.24) is 0 Å². The van der Waals surface area contributed by atoms with Gasteiger partial charge in [0.2, 0.25) is 0 Å². The first-order valence-electron chi connectivity index (χ1n) is 23.9. The van der Waals surface area contributed by atoms with Crippen molar-refractivity contribution < 1.29 is 101 Å². The Morgan fingerprint density at radius 2 is 0.721 bits per heavy atom. The van der Waals surface area contributed by atoms with Crippen molar-refractivity contribution in [2.24, 2.45) is 0 Å². The smallest absolute Gasteiger partial charge is 0.322 e. The van der Waals surface area contributed by atoms with Crippen molar-refractivity contribution in [1.29, 1.82) is 0 Å². The first-order valence-corrected chi connectivity index (χ1v) is 32.1. The molecular weight excluding hydrogens is 1250 g/mol. The molecule has 0 aliphatic carbocycles. The zero-order valence-electron chi connectivity index (χ0n) is 43.7. The molecule has 33 heteroatoms. The molecule has 0 fully saturated rings. The highest BCUT2D eigenvalue weighted by molar-refractivity contribution is 7.87. The molecule has 0 radical (unpaired) electrons. The lowest BCUT2D eigenvalue weighted by atomic mass is 10.0. The molecule has 0 aliphatic rings. The Balaban J connectivity index is 0.00000256. The van der Waals surface area contributed by atoms with Crippen molar-refractivity contribution in [2.45, 2.75) is 51.2 Å². The lowest BCUT2D eigenvalue weighted by Crippen LogP contribution is -2.16. The van der Waals surface area contributed by atoms with Gasteiger partial charge < -0.3 is 21.3 Å². The number of carbonyl (C=O) groups is 5. The lowest BCUT2D eigenvalue weighted by Gasteiger charge is -2.16. The van der Waals surface area contributed by atoms with Crippen LogP contribution in [0.5, 0.6) is 0 Å². The fraction of sp³-hybridized carbons (Fsp3) is 0.0755. The first kappa shape index (κ1) is 64.6. The van der Waals surface area contributed by atoms with E-state index in [0.717, 1.165) is 30.3 Å². The summed E-state index contributed by atoms with van der Waals surface area (Å²) in [6.07, 6.45) is -0.0788. The van der Waals surface area contributed by atoms with Crippen LogP contribution < -0.4 is 21.3 Å². The SMILES string of the molecule is Cc1ccc(C(=O)Nc2ccc(S(=O)(=O)O)c3cccc(S(=O)(=O)O)c23)cc1NC(=O)c1ccc(CC(=O)Cc2ccc(C(=O)Nc3cc(C(=O)Nc4ccc(S(=O)(=O)O)c5cc(S(=O)(=O)O)cc(S(=O)(=O)O)c45)ccc3C)cc2)cc1.O=S(=O)=O. The van der Waals surface area contributed by atoms with E-state index >= 15 is 0 Å². The number of Topliss-reactive ketones (excluding diaryl/α,β-unsaturated/α-hetero) is 1. The van der Waals surface area contributed by atoms with Gasteiger partial charge in [0.05, 0.1) is 16.3 Å². The van der Waals surface area contributed by atoms with Crippen LogP contribution in [0.2, 0.25) is 0 Å². The van der Waals surface area contributed by atoms with Crippen LogP contribution >= 0.6 is 0 Å². The van der Waals surface area contributed by atoms with Gasteiger partial charge in [-0.3, -0.25) is 46.7 Å². The van der Waals surface area contributed by atoms with E-state index in [1.54, 1.807) is 38.1 Å². The van der Waals surface area contributed by atoms with Crippen LogP contribution in [0, 0.1) is 13.8 Å². The summed E-state index contributed by atoms with van der Waals surface area (Å²) in [7, 11) is -28.8. The van der Waals surface area contributed by atoms with E-state index in [9.17, 15) is 88.8 Å². The van der Waals surface area contributed by atoms with Crippen LogP contribution in [0.4, 0.5) is 22.7 Å². The minimum Gasteiger partial charge on any atom is -0.322 e. The third-order valence-corrected chi connectivity index (χ3v) is 17.0. The number of rotatable bonds is 17. The Morgan fingerprint density at radius 3 is 1.10 bits per heavy atom. The summed E-state index contributed by atoms with van der Waals surface area (Å²) < 4.78 is 197. The zero-order chi connectivity index (χ0) is 63.6. The second-order valence-corrected chi connectivity index (χ2v) is 25.9. The summed E-state index contributed by atoms with van der Waals surface area (Å²) in [4.78, 5) is 62.3. The van der Waals surface area contributed by atoms with E-state index < -0.39 is 131 Å². The molecule has 8 aromatic carbocycles. The summed E-state index contributed by atoms with van der Waals surface area (Å²) in [6, 6.07) is 28.2. The van der Waals surface area contributed by atoms with E-state index in [2.05, 4.69) is 21.3 Å². The Labute approximate surface area is 489 Å². The van der Waals surface area contributed by atoms with Crippen LogP contribution in [-0.4, -0.2) is 107 Å². The van der Waals surface area contributed by atoms with Crippen molar-refractivity contribution in [3.63, 3.8) is 0 Å². The Hall–Kier alpha value is -9.00. The highest BCUT2D eigenvalue weighted by Crippen LogP contribution is 2.38. The van der Waals surface area contributed by atoms with E-state index in [1.165, 1.54) is 66.7 Å². The third-order valence-electron chi connectivity index (χ3n) is 12.6. The Morgan fingerprint density at radius 1 is 0.372 bits per heavy atom. The minimum atomic E-state index is -5.41. The van der Waals surface area contributed by atoms with Crippen molar-refractivity contribution in [2.75, 3.05) is 21.3 Å². The van der Waals surface area contributed by atoms with Gasteiger partial charge in [0.1, 0.15) is 25.4 Å². The van der Waals surface area contributed by atoms with Gasteiger partial charge in [0.25, 0.3) is 74.2 Å². The summed E-state index contributed by atoms with van der Waals surface area (Å²) in [5.41, 5.74) is 1.95. The van der Waals surface area contributed by atoms with Gasteiger partial charge in [0.15, 0.2) is 0 Å². The van der Waals surface area contributed by atoms with Gasteiger partial charge in [-0.05, 0) is 127 Å². The molecule has 0 aromatic heterocycles. The lowest BCUT2D eigenvalue weighted by molar-refractivity contribution is -0.117. The summed E-state index contributed by atoms with van der Waals surface area (Å²) in [5.74, 6) is -3.22. The maximum absolute atomic E-state index is 13.6. The molecule has 27 nitrogen and oxygen atoms in total. The predicted octanol–water partition coefficient (Wildman–Crippen LogP) is 6.20. The van der Waals surface area contributed by atoms with Crippen LogP contribution in [-0.2, 0) is 78.8 Å². The molecular formula is C53H42N4O23S6. The highest BCUT2D eigenvalue weighted by Gasteiger charge is 2.29. The van der Waals surface area contributed by atoms with E-state index in [0.29, 0.717) is 40.5 Å². The standard InChI is InChI=1S/C53H42N4O20S5.O3S/c1-28-6-12-34(52(61)54-40-18-20-44(79(66,67)68)38-4-3-5-46(48(38)40)81(72,73)74)24-42(28)56-50(59)32-14-8-30(9-15-32)22-36(58)23-31-10-16-33(17-11-31)51(60)57-43-25-35(13-7-29(43)2)53(62)55-41-19-21-45(80(69,70)71)39-26-37(78(63,64)65)27-47(49(39)41)82(75,76)77;1-4(2)3/h3-21,24-27H,22-23H2,1-2H3,(H,54,61)(H,55,62)(H,56,59)(H,57,60)(H,63,64,65)(H,66,67,68)(H,69,70,71)(H,72,73,74)(H,75,76,77);. The molecule has 0 unspecified atom stereocenters. The van der Waals surface area contributed by atoms with Crippen molar-refractivity contribution in [3.05, 3.63) is 184 Å². The highest BCUT2D eigenvalue weighted by atomic mass is 32.2. The molecule has 8 aromatic rings. The quantitative estimate of drug-likeness (QED) is 0.0458. The molecule has 4 amide bonds. The van der Waals surface area contributed by atoms with Crippen LogP contribution in [0.1, 0.15) is 63.7 Å². The monoisotopic (exact) mass is 1290 g/mol. The second kappa shape index (κ2) is 24.9. The summed E-state index contributed by atoms with van der Waals surface area (Å²) in [5, 5.41) is 8.01. The third kappa shape index (κ3) is 15.5. The number of aryl methyl sites for hydroxylation is 2. The molecule has 0 saturated carbocycles. The maximum Gasteiger partial charge on any atom is 0.425 e. The average Bonchev–Trinajstić information content (AvgIpc) is 0.875. The average molecular weight is 1300 g/mol. The van der Waals surface area contributed by atoms with Crippen molar-refractivity contribution >= 4 is 135 Å². The molecule has 86 heavy (non-hydrogen) atoms. The first-order chi connectivity index (χ1) is 39.9. The fourth-order valence-electron chi connectivity index (χ4n) is 8.61. The molecule has 0 heterocycles. The molecule has 0 atom stereocenters. The second-order valence-electron chi connectivity index (χ2n) is 18.5. The van der Waals surface area contributed by atoms with Gasteiger partial charge in [-0.25, -0.2) is 0 Å². The van der Waals surface area contributed by atoms with E-state index in [4.69, 9.17) is 12.6 Å². The van der Waals surface area contributed by atoms with Gasteiger partial charge in [-0.15, -0.1) is 12.6 Å². The number of anilines is 4. The molecule has 0 bridgehead atoms. The molecule has 0 spiro atoms. The maximum atomic E-state index is 13.6. The van der Waals surface area contributed by atoms with Crippen molar-refractivity contribution in [3.8, 4) is 0 Å². The van der Waals surface area contributed by atoms with Crippen LogP contribution in [0.3, 0.4) is 0 Å². The number of amides is 4. The molecule has 0 aliphatic heterocycles. The summed E-state index contributed by atoms with van der Waals surface area (Å²) >= 11 is 0. The summed E-state index contributed by atoms with van der Waals surface area (Å²) in [6.45, 7) is 3.26. The minimum absolute atomic E-state index is 0.0208. The fourth-order valence-corrected chi connectivity index (χ4v) is 12.1. The Kier molecular flexibility index (Phi) is 18.7. The largest absolute Gasteiger partial charge is 0.425 e. The van der Waals surface area contributed by atoms with Crippen LogP contribution in [0.15, 0.2) is 164 Å². The van der Waals surface area contributed by atoms with Gasteiger partial charge >= 0.3 is 10.6 Å². The number of benzene rings is 8. The molecule has 9 N–H and O–H groups in total. The van der Waals surface area contributed by atoms with Crippen LogP contribution in [0.25, 0.3) is 21.5 Å². The molecule has 0 saturated heterocycles. The van der Waals surface area contributed by atoms with E-state index in [-0.39, 0.29) is 63.3 Å². The normalized spacial score (nSPS) is 11.9. The number of hydrogen-bond acceptors (Lipinski definition) is 18. The van der Waals surface area contributed by atoms with Gasteiger partial charge in [-0.1, -0.05) is 48.5 Å². The number of nitrogens with one attached hydrogen (secondary N) is 4.